The molecule has 1 saturated heterocycles. The number of benzene rings is 1. The van der Waals surface area contributed by atoms with Crippen LogP contribution in [0.25, 0.3) is 0 Å². The summed E-state index contributed by atoms with van der Waals surface area (Å²) in [7, 11) is 1.44. The normalized spacial score (nSPS) is 17.1. The molecule has 1 aromatic carbocycles. The van der Waals surface area contributed by atoms with E-state index >= 15 is 0 Å². The van der Waals surface area contributed by atoms with Gasteiger partial charge in [0.25, 0.3) is 0 Å². The Kier molecular flexibility index (Phi) is 3.21. The topological polar surface area (TPSA) is 40.6 Å². The van der Waals surface area contributed by atoms with E-state index in [1.165, 1.54) is 24.1 Å². The van der Waals surface area contributed by atoms with Crippen LogP contribution in [0.2, 0.25) is 0 Å². The number of halogens is 3. The minimum Gasteiger partial charge on any atom is -0.327 e. The summed E-state index contributed by atoms with van der Waals surface area (Å²) in [6, 6.07) is 3.81. The molecule has 19 heavy (non-hydrogen) atoms. The summed E-state index contributed by atoms with van der Waals surface area (Å²) in [5.41, 5.74) is -1.41. The molecular weight excluding hydrogens is 261 g/mol. The lowest BCUT2D eigenvalue weighted by Gasteiger charge is -2.32. The van der Waals surface area contributed by atoms with E-state index in [0.717, 1.165) is 12.1 Å². The molecule has 0 aromatic heterocycles. The Balaban J connectivity index is 2.52. The van der Waals surface area contributed by atoms with Gasteiger partial charge < -0.3 is 4.90 Å². The third-order valence-electron chi connectivity index (χ3n) is 2.88. The quantitative estimate of drug-likeness (QED) is 0.788. The molecule has 0 unspecified atom stereocenters. The Morgan fingerprint density at radius 3 is 2.42 bits per heavy atom. The van der Waals surface area contributed by atoms with E-state index in [4.69, 9.17) is 0 Å². The van der Waals surface area contributed by atoms with Gasteiger partial charge in [0, 0.05) is 20.0 Å². The van der Waals surface area contributed by atoms with E-state index < -0.39 is 29.4 Å². The van der Waals surface area contributed by atoms with E-state index in [9.17, 15) is 22.8 Å². The van der Waals surface area contributed by atoms with Crippen LogP contribution in [0.1, 0.15) is 12.0 Å². The van der Waals surface area contributed by atoms with Crippen molar-refractivity contribution in [2.45, 2.75) is 12.6 Å². The van der Waals surface area contributed by atoms with Crippen LogP contribution < -0.4 is 4.90 Å². The zero-order valence-electron chi connectivity index (χ0n) is 10.1. The molecule has 102 valence electrons. The van der Waals surface area contributed by atoms with Crippen LogP contribution in [0.5, 0.6) is 0 Å². The van der Waals surface area contributed by atoms with Gasteiger partial charge in [-0.05, 0) is 12.1 Å². The second-order valence-electron chi connectivity index (χ2n) is 4.20. The maximum absolute atomic E-state index is 12.9. The van der Waals surface area contributed by atoms with Crippen molar-refractivity contribution >= 4 is 17.6 Å². The Labute approximate surface area is 107 Å². The summed E-state index contributed by atoms with van der Waals surface area (Å²) in [5, 5.41) is 0. The number of anilines is 1. The first-order valence-corrected chi connectivity index (χ1v) is 5.56. The number of imide groups is 1. The second-order valence-corrected chi connectivity index (χ2v) is 4.20. The smallest absolute Gasteiger partial charge is 0.327 e. The van der Waals surface area contributed by atoms with E-state index in [2.05, 4.69) is 0 Å². The van der Waals surface area contributed by atoms with E-state index in [0.29, 0.717) is 4.90 Å². The highest BCUT2D eigenvalue weighted by Crippen LogP contribution is 2.37. The number of carbonyl (C=O) groups is 2. The zero-order valence-corrected chi connectivity index (χ0v) is 10.1. The molecular formula is C12H11F3N2O2. The molecule has 0 aliphatic carbocycles. The lowest BCUT2D eigenvalue weighted by molar-refractivity contribution is -0.137. The highest BCUT2D eigenvalue weighted by molar-refractivity contribution is 6.16. The van der Waals surface area contributed by atoms with Gasteiger partial charge in [0.2, 0.25) is 5.91 Å². The molecule has 0 N–H and O–H groups in total. The van der Waals surface area contributed by atoms with Crippen LogP contribution in [0, 0.1) is 0 Å². The van der Waals surface area contributed by atoms with Gasteiger partial charge in [0.1, 0.15) is 0 Å². The maximum Gasteiger partial charge on any atom is 0.418 e. The molecule has 0 saturated carbocycles. The highest BCUT2D eigenvalue weighted by atomic mass is 19.4. The molecule has 0 radical (unpaired) electrons. The molecule has 1 heterocycles. The van der Waals surface area contributed by atoms with E-state index in [1.807, 2.05) is 0 Å². The van der Waals surface area contributed by atoms with Crippen LogP contribution >= 0.6 is 0 Å². The fraction of sp³-hybridized carbons (Fsp3) is 0.333. The van der Waals surface area contributed by atoms with E-state index in [-0.39, 0.29) is 13.0 Å². The number of urea groups is 1. The fourth-order valence-electron chi connectivity index (χ4n) is 1.89. The minimum absolute atomic E-state index is 0.00836. The van der Waals surface area contributed by atoms with Gasteiger partial charge in [-0.25, -0.2) is 9.69 Å². The van der Waals surface area contributed by atoms with Crippen LogP contribution in [0.4, 0.5) is 23.7 Å². The fourth-order valence-corrected chi connectivity index (χ4v) is 1.89. The van der Waals surface area contributed by atoms with Crippen molar-refractivity contribution < 1.29 is 22.8 Å². The van der Waals surface area contributed by atoms with Crippen molar-refractivity contribution in [3.63, 3.8) is 0 Å². The van der Waals surface area contributed by atoms with Crippen molar-refractivity contribution in [3.05, 3.63) is 29.8 Å². The molecule has 0 atom stereocenters. The molecule has 4 nitrogen and oxygen atoms in total. The monoisotopic (exact) mass is 272 g/mol. The maximum atomic E-state index is 12.9. The molecule has 0 spiro atoms. The molecule has 1 fully saturated rings. The molecule has 1 aromatic rings. The van der Waals surface area contributed by atoms with Gasteiger partial charge in [-0.1, -0.05) is 12.1 Å². The van der Waals surface area contributed by atoms with Gasteiger partial charge in [-0.3, -0.25) is 4.79 Å². The first-order valence-electron chi connectivity index (χ1n) is 5.56. The Morgan fingerprint density at radius 1 is 1.16 bits per heavy atom. The molecule has 7 heteroatoms. The van der Waals surface area contributed by atoms with Crippen molar-refractivity contribution in [3.8, 4) is 0 Å². The average molecular weight is 272 g/mol. The molecule has 2 rings (SSSR count). The largest absolute Gasteiger partial charge is 0.418 e. The Bertz CT molecular complexity index is 528. The van der Waals surface area contributed by atoms with Gasteiger partial charge in [-0.15, -0.1) is 0 Å². The van der Waals surface area contributed by atoms with Crippen LogP contribution in [-0.4, -0.2) is 30.4 Å². The Hall–Kier alpha value is -2.05. The number of hydrogen-bond acceptors (Lipinski definition) is 2. The van der Waals surface area contributed by atoms with Gasteiger partial charge in [-0.2, -0.15) is 13.2 Å². The minimum atomic E-state index is -4.62. The van der Waals surface area contributed by atoms with E-state index in [1.54, 1.807) is 0 Å². The number of para-hydroxylation sites is 1. The lowest BCUT2D eigenvalue weighted by atomic mass is 10.1. The molecule has 1 aliphatic heterocycles. The van der Waals surface area contributed by atoms with Crippen molar-refractivity contribution in [2.75, 3.05) is 18.5 Å². The van der Waals surface area contributed by atoms with Crippen LogP contribution in [0.3, 0.4) is 0 Å². The summed E-state index contributed by atoms with van der Waals surface area (Å²) < 4.78 is 38.7. The third kappa shape index (κ3) is 2.40. The van der Waals surface area contributed by atoms with Gasteiger partial charge in [0.15, 0.2) is 0 Å². The summed E-state index contributed by atoms with van der Waals surface area (Å²) in [5.74, 6) is -0.625. The third-order valence-corrected chi connectivity index (χ3v) is 2.88. The highest BCUT2D eigenvalue weighted by Gasteiger charge is 2.39. The van der Waals surface area contributed by atoms with Crippen LogP contribution in [-0.2, 0) is 11.0 Å². The van der Waals surface area contributed by atoms with Crippen molar-refractivity contribution in [1.29, 1.82) is 0 Å². The number of nitrogens with zero attached hydrogens (tertiary/aromatic N) is 2. The average Bonchev–Trinajstić information content (AvgIpc) is 2.34. The number of carbonyl (C=O) groups excluding carboxylic acids is 2. The van der Waals surface area contributed by atoms with Gasteiger partial charge in [0.05, 0.1) is 11.3 Å². The lowest BCUT2D eigenvalue weighted by Crippen LogP contribution is -2.51. The molecule has 1 aliphatic rings. The number of hydrogen-bond donors (Lipinski definition) is 0. The summed E-state index contributed by atoms with van der Waals surface area (Å²) in [6.45, 7) is 0.211. The Morgan fingerprint density at radius 2 is 1.79 bits per heavy atom. The number of rotatable bonds is 1. The van der Waals surface area contributed by atoms with Crippen molar-refractivity contribution in [2.24, 2.45) is 0 Å². The SMILES string of the molecule is CN1CCC(=O)N(c2ccccc2C(F)(F)F)C1=O. The molecule has 0 bridgehead atoms. The van der Waals surface area contributed by atoms with Crippen LogP contribution in [0.15, 0.2) is 24.3 Å². The first-order chi connectivity index (χ1) is 8.82. The van der Waals surface area contributed by atoms with Gasteiger partial charge >= 0.3 is 12.2 Å². The predicted octanol–water partition coefficient (Wildman–Crippen LogP) is 2.49. The van der Waals surface area contributed by atoms with Crippen molar-refractivity contribution in [1.82, 2.24) is 4.90 Å². The predicted molar refractivity (Wildman–Crippen MR) is 61.6 cm³/mol. The number of amides is 3. The standard InChI is InChI=1S/C12H11F3N2O2/c1-16-7-6-10(18)17(11(16)19)9-5-3-2-4-8(9)12(13,14)15/h2-5H,6-7H2,1H3. The zero-order chi connectivity index (χ0) is 14.2. The summed E-state index contributed by atoms with van der Waals surface area (Å²) >= 11 is 0. The molecule has 3 amide bonds. The first kappa shape index (κ1) is 13.4. The summed E-state index contributed by atoms with van der Waals surface area (Å²) in [4.78, 5) is 25.4. The second kappa shape index (κ2) is 4.56. The number of alkyl halides is 3. The summed E-state index contributed by atoms with van der Waals surface area (Å²) in [6.07, 6.45) is -4.61.